The van der Waals surface area contributed by atoms with E-state index in [1.54, 1.807) is 30.7 Å². The van der Waals surface area contributed by atoms with E-state index in [9.17, 15) is 9.59 Å². The number of hydrogen-bond acceptors (Lipinski definition) is 5. The molecule has 0 aromatic carbocycles. The number of piperidine rings is 1. The van der Waals surface area contributed by atoms with Crippen LogP contribution in [0.2, 0.25) is 0 Å². The zero-order chi connectivity index (χ0) is 21.1. The number of aromatic amines is 1. The molecule has 4 heterocycles. The summed E-state index contributed by atoms with van der Waals surface area (Å²) < 4.78 is 0. The highest BCUT2D eigenvalue weighted by molar-refractivity contribution is 5.96. The van der Waals surface area contributed by atoms with Crippen LogP contribution in [-0.2, 0) is 4.79 Å². The van der Waals surface area contributed by atoms with Crippen LogP contribution in [0.5, 0.6) is 0 Å². The van der Waals surface area contributed by atoms with Crippen LogP contribution < -0.4 is 11.1 Å². The molecule has 3 aromatic rings. The minimum Gasteiger partial charge on any atom is -0.366 e. The summed E-state index contributed by atoms with van der Waals surface area (Å²) >= 11 is 0. The Balaban J connectivity index is 1.50. The number of aromatic nitrogens is 3. The molecule has 3 aromatic heterocycles. The van der Waals surface area contributed by atoms with Gasteiger partial charge in [0, 0.05) is 47.2 Å². The molecule has 0 aliphatic carbocycles. The third-order valence-electron chi connectivity index (χ3n) is 5.37. The highest BCUT2D eigenvalue weighted by Crippen LogP contribution is 2.24. The SMILES string of the molecule is CN1CCC(NC(=O)c2ccc(-c3cnc4[nH]cc(C=CC(N)=O)c4c3)nc2)CC1. The normalized spacial score (nSPS) is 15.6. The quantitative estimate of drug-likeness (QED) is 0.562. The Morgan fingerprint density at radius 2 is 2.03 bits per heavy atom. The number of H-pyrrole nitrogens is 1. The van der Waals surface area contributed by atoms with E-state index < -0.39 is 5.91 Å². The van der Waals surface area contributed by atoms with Crippen LogP contribution in [0.3, 0.4) is 0 Å². The number of carbonyl (C=O) groups excluding carboxylic acids is 2. The smallest absolute Gasteiger partial charge is 0.253 e. The van der Waals surface area contributed by atoms with Gasteiger partial charge in [-0.2, -0.15) is 0 Å². The summed E-state index contributed by atoms with van der Waals surface area (Å²) in [4.78, 5) is 37.7. The summed E-state index contributed by atoms with van der Waals surface area (Å²) in [5.41, 5.74) is 8.77. The minimum absolute atomic E-state index is 0.0957. The first-order chi connectivity index (χ1) is 14.5. The van der Waals surface area contributed by atoms with Gasteiger partial charge in [-0.25, -0.2) is 4.98 Å². The topological polar surface area (TPSA) is 117 Å². The molecule has 1 fully saturated rings. The van der Waals surface area contributed by atoms with Crippen molar-refractivity contribution in [3.8, 4) is 11.3 Å². The highest BCUT2D eigenvalue weighted by Gasteiger charge is 2.19. The number of primary amides is 1. The first-order valence-electron chi connectivity index (χ1n) is 9.90. The number of carbonyl (C=O) groups is 2. The van der Waals surface area contributed by atoms with Crippen LogP contribution in [0.1, 0.15) is 28.8 Å². The predicted molar refractivity (Wildman–Crippen MR) is 116 cm³/mol. The lowest BCUT2D eigenvalue weighted by atomic mass is 10.0. The largest absolute Gasteiger partial charge is 0.366 e. The van der Waals surface area contributed by atoms with Gasteiger partial charge in [-0.1, -0.05) is 0 Å². The van der Waals surface area contributed by atoms with Crippen molar-refractivity contribution in [3.05, 3.63) is 54.0 Å². The Labute approximate surface area is 174 Å². The maximum absolute atomic E-state index is 12.5. The van der Waals surface area contributed by atoms with Crippen LogP contribution in [0.4, 0.5) is 0 Å². The number of nitrogens with two attached hydrogens (primary N) is 1. The Morgan fingerprint density at radius 3 is 2.73 bits per heavy atom. The van der Waals surface area contributed by atoms with E-state index in [2.05, 4.69) is 32.2 Å². The van der Waals surface area contributed by atoms with Gasteiger partial charge in [-0.3, -0.25) is 14.6 Å². The lowest BCUT2D eigenvalue weighted by Gasteiger charge is -2.29. The summed E-state index contributed by atoms with van der Waals surface area (Å²) in [6, 6.07) is 5.75. The Bertz CT molecular complexity index is 1090. The third-order valence-corrected chi connectivity index (χ3v) is 5.37. The number of hydrogen-bond donors (Lipinski definition) is 3. The molecule has 0 radical (unpaired) electrons. The van der Waals surface area contributed by atoms with Crippen molar-refractivity contribution < 1.29 is 9.59 Å². The zero-order valence-corrected chi connectivity index (χ0v) is 16.8. The number of fused-ring (bicyclic) bond motifs is 1. The molecule has 154 valence electrons. The molecule has 4 N–H and O–H groups in total. The predicted octanol–water partition coefficient (Wildman–Crippen LogP) is 1.95. The third kappa shape index (κ3) is 4.38. The average molecular weight is 404 g/mol. The van der Waals surface area contributed by atoms with Crippen molar-refractivity contribution in [3.63, 3.8) is 0 Å². The molecule has 8 heteroatoms. The fourth-order valence-corrected chi connectivity index (χ4v) is 3.59. The molecule has 0 saturated carbocycles. The van der Waals surface area contributed by atoms with Crippen molar-refractivity contribution >= 4 is 28.9 Å². The number of likely N-dealkylation sites (tertiary alicyclic amines) is 1. The van der Waals surface area contributed by atoms with Crippen molar-refractivity contribution in [2.24, 2.45) is 5.73 Å². The first-order valence-corrected chi connectivity index (χ1v) is 9.90. The van der Waals surface area contributed by atoms with Crippen molar-refractivity contribution in [1.29, 1.82) is 0 Å². The monoisotopic (exact) mass is 404 g/mol. The Hall–Kier alpha value is -3.52. The number of amides is 2. The van der Waals surface area contributed by atoms with Crippen LogP contribution >= 0.6 is 0 Å². The molecule has 0 spiro atoms. The van der Waals surface area contributed by atoms with E-state index in [1.165, 1.54) is 6.08 Å². The lowest BCUT2D eigenvalue weighted by Crippen LogP contribution is -2.43. The second-order valence-corrected chi connectivity index (χ2v) is 7.58. The van der Waals surface area contributed by atoms with E-state index in [-0.39, 0.29) is 11.9 Å². The Kier molecular flexibility index (Phi) is 5.58. The van der Waals surface area contributed by atoms with Crippen LogP contribution in [0.15, 0.2) is 42.9 Å². The molecule has 1 aliphatic heterocycles. The van der Waals surface area contributed by atoms with Gasteiger partial charge >= 0.3 is 0 Å². The van der Waals surface area contributed by atoms with Gasteiger partial charge in [0.25, 0.3) is 5.91 Å². The second-order valence-electron chi connectivity index (χ2n) is 7.58. The van der Waals surface area contributed by atoms with Gasteiger partial charge in [0.05, 0.1) is 11.3 Å². The molecule has 30 heavy (non-hydrogen) atoms. The summed E-state index contributed by atoms with van der Waals surface area (Å²) in [6.45, 7) is 1.99. The molecule has 0 bridgehead atoms. The second kappa shape index (κ2) is 8.46. The number of rotatable bonds is 5. The summed E-state index contributed by atoms with van der Waals surface area (Å²) in [6.07, 6.45) is 9.97. The summed E-state index contributed by atoms with van der Waals surface area (Å²) in [5, 5.41) is 3.96. The number of pyridine rings is 2. The van der Waals surface area contributed by atoms with Gasteiger partial charge in [0.15, 0.2) is 0 Å². The molecular formula is C22H24N6O2. The molecule has 2 amide bonds. The van der Waals surface area contributed by atoms with Gasteiger partial charge < -0.3 is 20.9 Å². The van der Waals surface area contributed by atoms with Gasteiger partial charge in [0.2, 0.25) is 5.91 Å². The first kappa shape index (κ1) is 19.8. The lowest BCUT2D eigenvalue weighted by molar-refractivity contribution is -0.113. The van der Waals surface area contributed by atoms with Gasteiger partial charge in [-0.15, -0.1) is 0 Å². The summed E-state index contributed by atoms with van der Waals surface area (Å²) in [5.74, 6) is -0.606. The number of nitrogens with zero attached hydrogens (tertiary/aromatic N) is 3. The fourth-order valence-electron chi connectivity index (χ4n) is 3.59. The number of nitrogens with one attached hydrogen (secondary N) is 2. The van der Waals surface area contributed by atoms with E-state index in [1.807, 2.05) is 12.1 Å². The highest BCUT2D eigenvalue weighted by atomic mass is 16.2. The maximum atomic E-state index is 12.5. The van der Waals surface area contributed by atoms with Crippen molar-refractivity contribution in [2.45, 2.75) is 18.9 Å². The molecule has 8 nitrogen and oxygen atoms in total. The summed E-state index contributed by atoms with van der Waals surface area (Å²) in [7, 11) is 2.09. The van der Waals surface area contributed by atoms with E-state index in [0.717, 1.165) is 42.4 Å². The average Bonchev–Trinajstić information content (AvgIpc) is 3.16. The van der Waals surface area contributed by atoms with Crippen molar-refractivity contribution in [1.82, 2.24) is 25.2 Å². The standard InChI is InChI=1S/C22H24N6O2/c1-28-8-6-17(7-9-28)27-22(30)15-2-4-19(24-12-15)16-10-18-14(3-5-20(23)29)11-25-21(18)26-13-16/h2-5,10-13,17H,6-9H2,1H3,(H2,23,29)(H,25,26)(H,27,30). The van der Waals surface area contributed by atoms with Crippen LogP contribution in [0.25, 0.3) is 28.4 Å². The van der Waals surface area contributed by atoms with Crippen molar-refractivity contribution in [2.75, 3.05) is 20.1 Å². The molecule has 0 atom stereocenters. The molecule has 4 rings (SSSR count). The molecular weight excluding hydrogens is 380 g/mol. The maximum Gasteiger partial charge on any atom is 0.253 e. The van der Waals surface area contributed by atoms with Gasteiger partial charge in [-0.05, 0) is 57.3 Å². The Morgan fingerprint density at radius 1 is 1.23 bits per heavy atom. The molecule has 1 saturated heterocycles. The zero-order valence-electron chi connectivity index (χ0n) is 16.8. The van der Waals surface area contributed by atoms with Crippen LogP contribution in [-0.4, -0.2) is 57.8 Å². The van der Waals surface area contributed by atoms with E-state index >= 15 is 0 Å². The van der Waals surface area contributed by atoms with E-state index in [4.69, 9.17) is 5.73 Å². The fraction of sp³-hybridized carbons (Fsp3) is 0.273. The van der Waals surface area contributed by atoms with Gasteiger partial charge in [0.1, 0.15) is 5.65 Å². The molecule has 0 unspecified atom stereocenters. The molecule has 1 aliphatic rings. The van der Waals surface area contributed by atoms with Crippen LogP contribution in [0, 0.1) is 0 Å². The minimum atomic E-state index is -0.510. The van der Waals surface area contributed by atoms with E-state index in [0.29, 0.717) is 16.9 Å².